The van der Waals surface area contributed by atoms with Crippen LogP contribution in [0.3, 0.4) is 0 Å². The molecule has 2 N–H and O–H groups in total. The van der Waals surface area contributed by atoms with Gasteiger partial charge in [-0.2, -0.15) is 23.4 Å². The lowest BCUT2D eigenvalue weighted by molar-refractivity contribution is -0.138. The predicted molar refractivity (Wildman–Crippen MR) is 160 cm³/mol. The second-order valence-corrected chi connectivity index (χ2v) is 12.1. The third-order valence-corrected chi connectivity index (χ3v) is 9.39. The lowest BCUT2D eigenvalue weighted by Crippen LogP contribution is -2.56. The van der Waals surface area contributed by atoms with Crippen LogP contribution >= 0.6 is 11.8 Å². The highest BCUT2D eigenvalue weighted by atomic mass is 32.2. The van der Waals surface area contributed by atoms with E-state index in [4.69, 9.17) is 4.74 Å². The Morgan fingerprint density at radius 2 is 1.93 bits per heavy atom. The van der Waals surface area contributed by atoms with Gasteiger partial charge in [-0.05, 0) is 56.3 Å². The number of piperazine rings is 1. The number of benzene rings is 2. The average molecular weight is 612 g/mol. The number of amides is 1. The number of nitrogens with one attached hydrogen (secondary N) is 2. The smallest absolute Gasteiger partial charge is 0.422 e. The van der Waals surface area contributed by atoms with Crippen LogP contribution in [0, 0.1) is 0 Å². The maximum Gasteiger partial charge on any atom is 0.422 e. The average Bonchev–Trinajstić information content (AvgIpc) is 3.66. The van der Waals surface area contributed by atoms with Crippen LogP contribution in [0.25, 0.3) is 0 Å². The number of likely N-dealkylation sites (N-methyl/N-ethyl adjacent to an activating group) is 1. The van der Waals surface area contributed by atoms with Crippen LogP contribution in [0.5, 0.6) is 11.5 Å². The Morgan fingerprint density at radius 1 is 1.12 bits per heavy atom. The summed E-state index contributed by atoms with van der Waals surface area (Å²) < 4.78 is 51.2. The van der Waals surface area contributed by atoms with Crippen molar-refractivity contribution in [1.82, 2.24) is 25.3 Å². The number of hydrogen-bond acceptors (Lipinski definition) is 9. The highest BCUT2D eigenvalue weighted by Gasteiger charge is 2.47. The number of aromatic nitrogens is 2. The minimum atomic E-state index is -4.78. The minimum Gasteiger partial charge on any atom is -0.457 e. The van der Waals surface area contributed by atoms with Gasteiger partial charge in [0.05, 0.1) is 17.6 Å². The van der Waals surface area contributed by atoms with Crippen molar-refractivity contribution < 1.29 is 22.7 Å². The van der Waals surface area contributed by atoms with Crippen molar-refractivity contribution in [3.63, 3.8) is 0 Å². The van der Waals surface area contributed by atoms with Crippen LogP contribution in [0.2, 0.25) is 0 Å². The molecule has 3 aliphatic rings. The van der Waals surface area contributed by atoms with Crippen LogP contribution < -0.4 is 20.3 Å². The number of para-hydroxylation sites is 1. The first-order chi connectivity index (χ1) is 20.7. The quantitative estimate of drug-likeness (QED) is 0.395. The largest absolute Gasteiger partial charge is 0.457 e. The first-order valence-electron chi connectivity index (χ1n) is 14.0. The number of rotatable bonds is 7. The fourth-order valence-electron chi connectivity index (χ4n) is 6.19. The first-order valence-corrected chi connectivity index (χ1v) is 14.9. The maximum absolute atomic E-state index is 15.1. The van der Waals surface area contributed by atoms with Gasteiger partial charge in [0.15, 0.2) is 4.87 Å². The molecule has 4 heterocycles. The van der Waals surface area contributed by atoms with Crippen molar-refractivity contribution in [1.29, 1.82) is 0 Å². The van der Waals surface area contributed by atoms with Crippen molar-refractivity contribution in [2.24, 2.45) is 0 Å². The molecule has 1 amide bonds. The second kappa shape index (κ2) is 11.7. The Balaban J connectivity index is 1.44. The fourth-order valence-corrected chi connectivity index (χ4v) is 7.09. The molecule has 0 bridgehead atoms. The van der Waals surface area contributed by atoms with Gasteiger partial charge in [0.25, 0.3) is 5.91 Å². The fraction of sp³-hybridized carbons (Fsp3) is 0.367. The predicted octanol–water partition coefficient (Wildman–Crippen LogP) is 4.71. The summed E-state index contributed by atoms with van der Waals surface area (Å²) >= 11 is 1.20. The Labute approximate surface area is 252 Å². The maximum atomic E-state index is 15.1. The number of carbonyl (C=O) groups excluding carboxylic acids is 1. The number of halogens is 3. The molecule has 9 nitrogen and oxygen atoms in total. The van der Waals surface area contributed by atoms with Crippen molar-refractivity contribution >= 4 is 29.0 Å². The molecule has 2 saturated heterocycles. The topological polar surface area (TPSA) is 85.9 Å². The molecule has 226 valence electrons. The Kier molecular flexibility index (Phi) is 7.96. The van der Waals surface area contributed by atoms with Gasteiger partial charge in [0, 0.05) is 56.2 Å². The third kappa shape index (κ3) is 5.64. The number of hydrogen-bond donors (Lipinski definition) is 2. The molecular weight excluding hydrogens is 579 g/mol. The number of fused-ring (bicyclic) bond motifs is 1. The third-order valence-electron chi connectivity index (χ3n) is 8.22. The van der Waals surface area contributed by atoms with E-state index in [9.17, 15) is 4.79 Å². The van der Waals surface area contributed by atoms with E-state index in [-0.39, 0.29) is 35.0 Å². The summed E-state index contributed by atoms with van der Waals surface area (Å²) in [6, 6.07) is 13.0. The second-order valence-electron chi connectivity index (χ2n) is 10.9. The highest BCUT2D eigenvalue weighted by molar-refractivity contribution is 8.04. The number of thioether (sulfide) groups is 1. The lowest BCUT2D eigenvalue weighted by Gasteiger charge is -2.43. The molecule has 2 aromatic carbocycles. The lowest BCUT2D eigenvalue weighted by atomic mass is 10.0. The molecule has 0 aliphatic carbocycles. The van der Waals surface area contributed by atoms with E-state index in [2.05, 4.69) is 30.6 Å². The van der Waals surface area contributed by atoms with Crippen molar-refractivity contribution in [3.8, 4) is 11.5 Å². The van der Waals surface area contributed by atoms with Gasteiger partial charge in [0.2, 0.25) is 0 Å². The zero-order valence-electron chi connectivity index (χ0n) is 23.7. The number of ether oxygens (including phenoxy) is 1. The number of anilines is 2. The summed E-state index contributed by atoms with van der Waals surface area (Å²) in [5, 5.41) is 15.4. The van der Waals surface area contributed by atoms with Crippen molar-refractivity contribution in [3.05, 3.63) is 83.7 Å². The van der Waals surface area contributed by atoms with E-state index in [1.807, 2.05) is 14.1 Å². The Morgan fingerprint density at radius 3 is 2.60 bits per heavy atom. The van der Waals surface area contributed by atoms with Crippen LogP contribution in [-0.4, -0.2) is 78.3 Å². The van der Waals surface area contributed by atoms with Crippen molar-refractivity contribution in [2.45, 2.75) is 29.6 Å². The van der Waals surface area contributed by atoms with Crippen LogP contribution in [0.15, 0.2) is 72.5 Å². The Hall–Kier alpha value is -3.81. The summed E-state index contributed by atoms with van der Waals surface area (Å²) in [6.07, 6.45) is 0.728. The minimum absolute atomic E-state index is 0.0394. The number of carbonyl (C=O) groups is 1. The van der Waals surface area contributed by atoms with Crippen LogP contribution in [-0.2, 0) is 15.8 Å². The first kappa shape index (κ1) is 29.3. The normalized spacial score (nSPS) is 23.7. The van der Waals surface area contributed by atoms with Gasteiger partial charge >= 0.3 is 6.18 Å². The summed E-state index contributed by atoms with van der Waals surface area (Å²) in [6.45, 7) is 2.24. The molecular formula is C30H32F3N7O2S. The number of alkyl halides is 3. The SMILES string of the molecule is CN(C)[C@@H]1CCN2CCN(c3c(NC(=O)C4(c5ccnnc5)NC=CS4)ccc(Oc4ccccc4)c3C(F)(F)F)C[C@@H]12. The molecule has 2 fully saturated rings. The molecule has 0 spiro atoms. The molecule has 13 heteroatoms. The molecule has 1 unspecified atom stereocenters. The van der Waals surface area contributed by atoms with E-state index in [1.54, 1.807) is 52.9 Å². The summed E-state index contributed by atoms with van der Waals surface area (Å²) in [4.78, 5) is 18.9. The molecule has 0 saturated carbocycles. The summed E-state index contributed by atoms with van der Waals surface area (Å²) in [5.41, 5.74) is -0.449. The molecule has 43 heavy (non-hydrogen) atoms. The van der Waals surface area contributed by atoms with Gasteiger partial charge in [-0.15, -0.1) is 0 Å². The van der Waals surface area contributed by atoms with E-state index in [0.29, 0.717) is 25.2 Å². The van der Waals surface area contributed by atoms with Crippen LogP contribution in [0.1, 0.15) is 17.5 Å². The van der Waals surface area contributed by atoms with Gasteiger partial charge in [-0.1, -0.05) is 30.0 Å². The van der Waals surface area contributed by atoms with E-state index < -0.39 is 22.5 Å². The molecule has 1 aromatic heterocycles. The van der Waals surface area contributed by atoms with E-state index in [1.165, 1.54) is 36.3 Å². The summed E-state index contributed by atoms with van der Waals surface area (Å²) in [5.74, 6) is -0.578. The molecule has 3 aromatic rings. The zero-order chi connectivity index (χ0) is 30.2. The molecule has 0 radical (unpaired) electrons. The molecule has 3 aliphatic heterocycles. The highest BCUT2D eigenvalue weighted by Crippen LogP contribution is 2.49. The number of nitrogens with zero attached hydrogens (tertiary/aromatic N) is 5. The Bertz CT molecular complexity index is 1480. The van der Waals surface area contributed by atoms with Gasteiger partial charge < -0.3 is 25.2 Å². The van der Waals surface area contributed by atoms with Gasteiger partial charge in [0.1, 0.15) is 17.1 Å². The molecule has 3 atom stereocenters. The van der Waals surface area contributed by atoms with Gasteiger partial charge in [-0.3, -0.25) is 9.69 Å². The molecule has 6 rings (SSSR count). The monoisotopic (exact) mass is 611 g/mol. The van der Waals surface area contributed by atoms with Gasteiger partial charge in [-0.25, -0.2) is 0 Å². The summed E-state index contributed by atoms with van der Waals surface area (Å²) in [7, 11) is 4.00. The zero-order valence-corrected chi connectivity index (χ0v) is 24.5. The van der Waals surface area contributed by atoms with Crippen molar-refractivity contribution in [2.75, 3.05) is 50.5 Å². The van der Waals surface area contributed by atoms with Crippen LogP contribution in [0.4, 0.5) is 24.5 Å². The standard InChI is InChI=1S/C30H32F3N7O2S/c1-38(2)23-11-14-39-15-16-40(19-24(23)39)27-22(37-28(41)29(34-13-17-43-29)20-10-12-35-36-18-20)8-9-25(26(27)30(31,32)33)42-21-6-4-3-5-7-21/h3-10,12-13,17-18,23-24,34H,11,14-16,19H2,1-2H3,(H,37,41)/t23-,24+,29?/m1/s1. The van der Waals surface area contributed by atoms with E-state index in [0.717, 1.165) is 13.0 Å². The van der Waals surface area contributed by atoms with E-state index >= 15 is 13.2 Å².